The lowest BCUT2D eigenvalue weighted by atomic mass is 10.2. The van der Waals surface area contributed by atoms with Gasteiger partial charge in [0.2, 0.25) is 5.91 Å². The quantitative estimate of drug-likeness (QED) is 0.590. The maximum absolute atomic E-state index is 13.8. The second-order valence-corrected chi connectivity index (χ2v) is 9.07. The first-order chi connectivity index (χ1) is 13.5. The van der Waals surface area contributed by atoms with Crippen LogP contribution in [0.15, 0.2) is 23.0 Å². The number of aromatic amines is 1. The zero-order chi connectivity index (χ0) is 19.7. The molecule has 28 heavy (non-hydrogen) atoms. The molecule has 1 aliphatic carbocycles. The van der Waals surface area contributed by atoms with Crippen LogP contribution in [0.5, 0.6) is 0 Å². The van der Waals surface area contributed by atoms with E-state index in [2.05, 4.69) is 15.3 Å². The number of nitrogens with zero attached hydrogens (tertiary/aromatic N) is 1. The number of carbonyl (C=O) groups is 1. The van der Waals surface area contributed by atoms with Gasteiger partial charge in [0.05, 0.1) is 16.8 Å². The molecule has 5 nitrogen and oxygen atoms in total. The van der Waals surface area contributed by atoms with Crippen molar-refractivity contribution >= 4 is 44.9 Å². The van der Waals surface area contributed by atoms with Crippen molar-refractivity contribution in [2.24, 2.45) is 0 Å². The summed E-state index contributed by atoms with van der Waals surface area (Å²) in [5.74, 6) is 1.05. The number of halogens is 1. The highest BCUT2D eigenvalue weighted by molar-refractivity contribution is 7.98. The van der Waals surface area contributed by atoms with E-state index in [9.17, 15) is 14.0 Å². The number of thiophene rings is 1. The minimum Gasteiger partial charge on any atom is -0.324 e. The van der Waals surface area contributed by atoms with Crippen LogP contribution >= 0.6 is 23.1 Å². The van der Waals surface area contributed by atoms with Gasteiger partial charge in [-0.05, 0) is 49.4 Å². The van der Waals surface area contributed by atoms with Crippen LogP contribution in [-0.2, 0) is 23.4 Å². The van der Waals surface area contributed by atoms with E-state index in [4.69, 9.17) is 0 Å². The summed E-state index contributed by atoms with van der Waals surface area (Å²) in [6.45, 7) is 1.80. The van der Waals surface area contributed by atoms with Gasteiger partial charge in [-0.15, -0.1) is 11.3 Å². The SMILES string of the molecule is Cc1ccc(NC(=O)CCSCc2nc3sc4c(c3c(=O)[nH]2)CCC4)c(F)c1. The molecule has 0 unspecified atom stereocenters. The molecule has 1 aliphatic rings. The summed E-state index contributed by atoms with van der Waals surface area (Å²) in [6.07, 6.45) is 3.38. The van der Waals surface area contributed by atoms with E-state index in [1.54, 1.807) is 30.4 Å². The lowest BCUT2D eigenvalue weighted by Gasteiger charge is -2.07. The Morgan fingerprint density at radius 2 is 2.25 bits per heavy atom. The molecule has 146 valence electrons. The first kappa shape index (κ1) is 19.1. The minimum absolute atomic E-state index is 0.0624. The number of anilines is 1. The second kappa shape index (κ2) is 8.05. The standard InChI is InChI=1S/C20H20FN3O2S2/c1-11-5-6-14(13(21)9-11)22-17(25)7-8-27-10-16-23-19(26)18-12-3-2-4-15(12)28-20(18)24-16/h5-6,9H,2-4,7-8,10H2,1H3,(H,22,25)(H,23,24,26). The summed E-state index contributed by atoms with van der Waals surface area (Å²) < 4.78 is 13.8. The molecule has 4 rings (SSSR count). The van der Waals surface area contributed by atoms with E-state index < -0.39 is 5.82 Å². The number of aromatic nitrogens is 2. The Morgan fingerprint density at radius 1 is 1.39 bits per heavy atom. The van der Waals surface area contributed by atoms with Crippen molar-refractivity contribution in [2.75, 3.05) is 11.1 Å². The molecule has 2 heterocycles. The van der Waals surface area contributed by atoms with Crippen LogP contribution in [0.2, 0.25) is 0 Å². The fraction of sp³-hybridized carbons (Fsp3) is 0.350. The van der Waals surface area contributed by atoms with Gasteiger partial charge in [0.1, 0.15) is 16.5 Å². The van der Waals surface area contributed by atoms with Crippen LogP contribution in [0.1, 0.15) is 34.7 Å². The number of benzene rings is 1. The van der Waals surface area contributed by atoms with E-state index in [0.29, 0.717) is 17.3 Å². The van der Waals surface area contributed by atoms with Crippen LogP contribution in [0.3, 0.4) is 0 Å². The first-order valence-corrected chi connectivity index (χ1v) is 11.2. The van der Waals surface area contributed by atoms with Crippen molar-refractivity contribution < 1.29 is 9.18 Å². The van der Waals surface area contributed by atoms with E-state index in [1.165, 1.54) is 28.3 Å². The monoisotopic (exact) mass is 417 g/mol. The van der Waals surface area contributed by atoms with Gasteiger partial charge in [-0.2, -0.15) is 11.8 Å². The molecule has 8 heteroatoms. The first-order valence-electron chi connectivity index (χ1n) is 9.18. The van der Waals surface area contributed by atoms with Gasteiger partial charge in [0, 0.05) is 17.1 Å². The third kappa shape index (κ3) is 3.98. The molecule has 0 saturated heterocycles. The van der Waals surface area contributed by atoms with E-state index in [1.807, 2.05) is 0 Å². The molecule has 0 atom stereocenters. The molecule has 0 fully saturated rings. The largest absolute Gasteiger partial charge is 0.324 e. The fourth-order valence-corrected chi connectivity index (χ4v) is 5.47. The molecular formula is C20H20FN3O2S2. The summed E-state index contributed by atoms with van der Waals surface area (Å²) in [4.78, 5) is 34.0. The van der Waals surface area contributed by atoms with Crippen molar-refractivity contribution in [3.63, 3.8) is 0 Å². The summed E-state index contributed by atoms with van der Waals surface area (Å²) in [6, 6.07) is 4.72. The van der Waals surface area contributed by atoms with Crippen molar-refractivity contribution in [3.8, 4) is 0 Å². The van der Waals surface area contributed by atoms with E-state index in [-0.39, 0.29) is 23.6 Å². The highest BCUT2D eigenvalue weighted by atomic mass is 32.2. The van der Waals surface area contributed by atoms with Gasteiger partial charge in [-0.3, -0.25) is 9.59 Å². The van der Waals surface area contributed by atoms with Gasteiger partial charge >= 0.3 is 0 Å². The number of fused-ring (bicyclic) bond motifs is 3. The third-order valence-electron chi connectivity index (χ3n) is 4.74. The number of H-pyrrole nitrogens is 1. The number of rotatable bonds is 6. The third-order valence-corrected chi connectivity index (χ3v) is 6.89. The highest BCUT2D eigenvalue weighted by Gasteiger charge is 2.21. The lowest BCUT2D eigenvalue weighted by Crippen LogP contribution is -2.14. The molecular weight excluding hydrogens is 397 g/mol. The Balaban J connectivity index is 1.31. The highest BCUT2D eigenvalue weighted by Crippen LogP contribution is 2.34. The minimum atomic E-state index is -0.432. The maximum atomic E-state index is 13.8. The number of hydrogen-bond acceptors (Lipinski definition) is 5. The van der Waals surface area contributed by atoms with Crippen LogP contribution in [0.25, 0.3) is 10.2 Å². The molecule has 0 bridgehead atoms. The molecule has 1 aromatic carbocycles. The summed E-state index contributed by atoms with van der Waals surface area (Å²) in [5.41, 5.74) is 2.11. The summed E-state index contributed by atoms with van der Waals surface area (Å²) in [7, 11) is 0. The predicted octanol–water partition coefficient (Wildman–Crippen LogP) is 4.18. The Kier molecular flexibility index (Phi) is 5.50. The van der Waals surface area contributed by atoms with Crippen molar-refractivity contribution in [1.82, 2.24) is 9.97 Å². The van der Waals surface area contributed by atoms with Crippen LogP contribution in [0.4, 0.5) is 10.1 Å². The Bertz CT molecular complexity index is 1110. The second-order valence-electron chi connectivity index (χ2n) is 6.88. The normalized spacial score (nSPS) is 13.1. The maximum Gasteiger partial charge on any atom is 0.259 e. The van der Waals surface area contributed by atoms with Crippen LogP contribution in [-0.4, -0.2) is 21.6 Å². The zero-order valence-corrected chi connectivity index (χ0v) is 17.1. The topological polar surface area (TPSA) is 74.8 Å². The van der Waals surface area contributed by atoms with Gasteiger partial charge in [-0.1, -0.05) is 6.07 Å². The molecule has 1 amide bonds. The number of carbonyl (C=O) groups excluding carboxylic acids is 1. The fourth-order valence-electron chi connectivity index (χ4n) is 3.38. The van der Waals surface area contributed by atoms with Crippen LogP contribution in [0, 0.1) is 12.7 Å². The smallest absolute Gasteiger partial charge is 0.259 e. The molecule has 0 aliphatic heterocycles. The summed E-state index contributed by atoms with van der Waals surface area (Å²) >= 11 is 3.14. The lowest BCUT2D eigenvalue weighted by molar-refractivity contribution is -0.115. The Labute approximate surface area is 169 Å². The molecule has 0 radical (unpaired) electrons. The van der Waals surface area contributed by atoms with Crippen LogP contribution < -0.4 is 10.9 Å². The van der Waals surface area contributed by atoms with Crippen molar-refractivity contribution in [1.29, 1.82) is 0 Å². The molecule has 3 aromatic rings. The van der Waals surface area contributed by atoms with Gasteiger partial charge in [0.25, 0.3) is 5.56 Å². The number of hydrogen-bond donors (Lipinski definition) is 2. The number of aryl methyl sites for hydroxylation is 3. The van der Waals surface area contributed by atoms with Gasteiger partial charge in [-0.25, -0.2) is 9.37 Å². The Hall–Kier alpha value is -2.19. The zero-order valence-electron chi connectivity index (χ0n) is 15.4. The van der Waals surface area contributed by atoms with Gasteiger partial charge in [0.15, 0.2) is 0 Å². The average molecular weight is 418 g/mol. The van der Waals surface area contributed by atoms with Crippen molar-refractivity contribution in [2.45, 2.75) is 38.4 Å². The number of amides is 1. The predicted molar refractivity (Wildman–Crippen MR) is 113 cm³/mol. The number of nitrogens with one attached hydrogen (secondary N) is 2. The molecule has 0 saturated carbocycles. The Morgan fingerprint density at radius 3 is 3.07 bits per heavy atom. The summed E-state index contributed by atoms with van der Waals surface area (Å²) in [5, 5.41) is 3.35. The molecule has 2 N–H and O–H groups in total. The average Bonchev–Trinajstić information content (AvgIpc) is 3.22. The van der Waals surface area contributed by atoms with Gasteiger partial charge < -0.3 is 10.3 Å². The molecule has 2 aromatic heterocycles. The number of thioether (sulfide) groups is 1. The molecule has 0 spiro atoms. The van der Waals surface area contributed by atoms with Crippen molar-refractivity contribution in [3.05, 3.63) is 56.2 Å². The van der Waals surface area contributed by atoms with E-state index in [0.717, 1.165) is 35.0 Å². The van der Waals surface area contributed by atoms with E-state index >= 15 is 0 Å².